The summed E-state index contributed by atoms with van der Waals surface area (Å²) >= 11 is 0. The fraction of sp³-hybridized carbons (Fsp3) is 1.00. The van der Waals surface area contributed by atoms with Crippen LogP contribution in [0.2, 0.25) is 11.1 Å². The summed E-state index contributed by atoms with van der Waals surface area (Å²) in [7, 11) is -0.361. The minimum atomic E-state index is -0.212. The van der Waals surface area contributed by atoms with Crippen LogP contribution >= 0.6 is 0 Å². The van der Waals surface area contributed by atoms with Crippen molar-refractivity contribution < 1.29 is 23.4 Å². The summed E-state index contributed by atoms with van der Waals surface area (Å²) in [5.74, 6) is 0.339. The van der Waals surface area contributed by atoms with Crippen LogP contribution in [0.3, 0.4) is 0 Å². The third-order valence-corrected chi connectivity index (χ3v) is 4.20. The monoisotopic (exact) mass is 327 g/mol. The van der Waals surface area contributed by atoms with E-state index in [-0.39, 0.29) is 25.7 Å². The molecule has 0 aromatic carbocycles. The lowest BCUT2D eigenvalue weighted by Crippen LogP contribution is -2.44. The Morgan fingerprint density at radius 1 is 1.00 bits per heavy atom. The Balaban J connectivity index is 1.89. The average molecular weight is 327 g/mol. The van der Waals surface area contributed by atoms with E-state index in [1.165, 1.54) is 0 Å². The number of hydrogen-bond donors (Lipinski definition) is 1. The lowest BCUT2D eigenvalue weighted by atomic mass is 9.57. The van der Waals surface area contributed by atoms with Crippen LogP contribution in [-0.2, 0) is 23.4 Å². The molecule has 2 heterocycles. The summed E-state index contributed by atoms with van der Waals surface area (Å²) in [5.41, 5.74) is 0. The van der Waals surface area contributed by atoms with Gasteiger partial charge in [-0.3, -0.25) is 0 Å². The Kier molecular flexibility index (Phi) is 7.85. The molecule has 8 heteroatoms. The molecule has 0 bridgehead atoms. The van der Waals surface area contributed by atoms with Crippen molar-refractivity contribution in [3.63, 3.8) is 0 Å². The van der Waals surface area contributed by atoms with Crippen LogP contribution < -0.4 is 5.32 Å². The lowest BCUT2D eigenvalue weighted by molar-refractivity contribution is -0.0350. The molecule has 0 spiro atoms. The Labute approximate surface area is 141 Å². The van der Waals surface area contributed by atoms with Gasteiger partial charge >= 0.3 is 14.2 Å². The zero-order valence-electron chi connectivity index (χ0n) is 15.0. The number of rotatable bonds is 4. The number of ether oxygens (including phenoxy) is 1. The fourth-order valence-electron chi connectivity index (χ4n) is 2.96. The quantitative estimate of drug-likeness (QED) is 0.792. The lowest BCUT2D eigenvalue weighted by Gasteiger charge is -2.35. The van der Waals surface area contributed by atoms with E-state index >= 15 is 0 Å². The van der Waals surface area contributed by atoms with Crippen molar-refractivity contribution in [2.75, 3.05) is 46.1 Å². The van der Waals surface area contributed by atoms with Gasteiger partial charge in [-0.25, -0.2) is 0 Å². The molecule has 0 amide bonds. The highest BCUT2D eigenvalue weighted by Crippen LogP contribution is 2.36. The van der Waals surface area contributed by atoms with Crippen LogP contribution in [-0.4, -0.2) is 66.5 Å². The zero-order chi connectivity index (χ0) is 16.7. The van der Waals surface area contributed by atoms with Gasteiger partial charge in [0.25, 0.3) is 0 Å². The van der Waals surface area contributed by atoms with E-state index in [2.05, 4.69) is 33.0 Å². The first-order valence-corrected chi connectivity index (χ1v) is 8.78. The van der Waals surface area contributed by atoms with Crippen molar-refractivity contribution in [2.24, 2.45) is 0 Å². The van der Waals surface area contributed by atoms with Crippen LogP contribution in [0.25, 0.3) is 0 Å². The van der Waals surface area contributed by atoms with Gasteiger partial charge < -0.3 is 28.7 Å². The Morgan fingerprint density at radius 3 is 2.35 bits per heavy atom. The topological polar surface area (TPSA) is 58.2 Å². The van der Waals surface area contributed by atoms with Gasteiger partial charge in [0.05, 0.1) is 25.9 Å². The first-order valence-electron chi connectivity index (χ1n) is 8.78. The molecule has 6 nitrogen and oxygen atoms in total. The van der Waals surface area contributed by atoms with Crippen molar-refractivity contribution in [2.45, 2.75) is 51.4 Å². The van der Waals surface area contributed by atoms with Crippen LogP contribution in [0.1, 0.15) is 34.1 Å². The molecule has 0 aromatic rings. The minimum Gasteiger partial charge on any atom is -0.409 e. The van der Waals surface area contributed by atoms with Gasteiger partial charge in [-0.15, -0.1) is 0 Å². The predicted octanol–water partition coefficient (Wildman–Crippen LogP) is 1.61. The van der Waals surface area contributed by atoms with Gasteiger partial charge in [0.1, 0.15) is 0 Å². The molecule has 2 aliphatic heterocycles. The summed E-state index contributed by atoms with van der Waals surface area (Å²) in [5, 5.41) is 3.12. The molecule has 2 fully saturated rings. The first kappa shape index (κ1) is 19.2. The van der Waals surface area contributed by atoms with Gasteiger partial charge in [0.15, 0.2) is 0 Å². The van der Waals surface area contributed by atoms with Crippen molar-refractivity contribution in [1.82, 2.24) is 5.32 Å². The SMILES string of the molecule is CC(C)B1OCCOC(CC(C)(C)B2OCCNCCO2)CO1. The van der Waals surface area contributed by atoms with Crippen LogP contribution in [0.5, 0.6) is 0 Å². The molecule has 2 rings (SSSR count). The summed E-state index contributed by atoms with van der Waals surface area (Å²) in [6.07, 6.45) is 0.863. The van der Waals surface area contributed by atoms with E-state index in [1.807, 2.05) is 0 Å². The Morgan fingerprint density at radius 2 is 1.70 bits per heavy atom. The highest BCUT2D eigenvalue weighted by atomic mass is 16.6. The normalized spacial score (nSPS) is 25.7. The first-order chi connectivity index (χ1) is 11.0. The van der Waals surface area contributed by atoms with E-state index < -0.39 is 0 Å². The van der Waals surface area contributed by atoms with Gasteiger partial charge in [0.2, 0.25) is 0 Å². The molecule has 0 radical (unpaired) electrons. The standard InChI is InChI=1S/C15H31B2NO5/c1-13(2)16-20-10-9-19-14(12-23-16)11-15(3,4)17-21-7-5-18-6-8-22-17/h13-14,18H,5-12H2,1-4H3. The second-order valence-electron chi connectivity index (χ2n) is 7.33. The molecule has 2 saturated heterocycles. The zero-order valence-corrected chi connectivity index (χ0v) is 15.0. The molecular weight excluding hydrogens is 296 g/mol. The molecular formula is C15H31B2NO5. The number of nitrogens with one attached hydrogen (secondary N) is 1. The van der Waals surface area contributed by atoms with Crippen molar-refractivity contribution in [3.05, 3.63) is 0 Å². The van der Waals surface area contributed by atoms with Crippen LogP contribution in [0, 0.1) is 0 Å². The third-order valence-electron chi connectivity index (χ3n) is 4.20. The largest absolute Gasteiger partial charge is 0.463 e. The average Bonchev–Trinajstić information content (AvgIpc) is 2.40. The van der Waals surface area contributed by atoms with Crippen LogP contribution in [0.15, 0.2) is 0 Å². The summed E-state index contributed by atoms with van der Waals surface area (Å²) in [6.45, 7) is 13.3. The highest BCUT2D eigenvalue weighted by Gasteiger charge is 2.41. The smallest absolute Gasteiger partial charge is 0.409 e. The van der Waals surface area contributed by atoms with Crippen molar-refractivity contribution >= 4 is 14.2 Å². The van der Waals surface area contributed by atoms with Gasteiger partial charge in [-0.1, -0.05) is 27.7 Å². The molecule has 0 aliphatic carbocycles. The van der Waals surface area contributed by atoms with E-state index in [0.717, 1.165) is 19.5 Å². The van der Waals surface area contributed by atoms with E-state index in [0.29, 0.717) is 38.9 Å². The van der Waals surface area contributed by atoms with E-state index in [1.54, 1.807) is 0 Å². The fourth-order valence-corrected chi connectivity index (χ4v) is 2.96. The summed E-state index contributed by atoms with van der Waals surface area (Å²) in [4.78, 5) is 0. The van der Waals surface area contributed by atoms with Crippen LogP contribution in [0.4, 0.5) is 0 Å². The molecule has 132 valence electrons. The Hall–Kier alpha value is -0.110. The number of hydrogen-bond acceptors (Lipinski definition) is 6. The van der Waals surface area contributed by atoms with Gasteiger partial charge in [-0.2, -0.15) is 0 Å². The molecule has 1 N–H and O–H groups in total. The second kappa shape index (κ2) is 9.39. The molecule has 0 saturated carbocycles. The maximum atomic E-state index is 5.92. The predicted molar refractivity (Wildman–Crippen MR) is 91.7 cm³/mol. The maximum Gasteiger partial charge on any atom is 0.463 e. The maximum absolute atomic E-state index is 5.92. The molecule has 1 unspecified atom stereocenters. The molecule has 2 aliphatic rings. The highest BCUT2D eigenvalue weighted by molar-refractivity contribution is 6.48. The van der Waals surface area contributed by atoms with Gasteiger partial charge in [0, 0.05) is 31.6 Å². The van der Waals surface area contributed by atoms with E-state index in [4.69, 9.17) is 23.4 Å². The molecule has 23 heavy (non-hydrogen) atoms. The molecule has 1 atom stereocenters. The van der Waals surface area contributed by atoms with Crippen molar-refractivity contribution in [3.8, 4) is 0 Å². The Bertz CT molecular complexity index is 338. The van der Waals surface area contributed by atoms with Gasteiger partial charge in [-0.05, 0) is 12.2 Å². The summed E-state index contributed by atoms with van der Waals surface area (Å²) < 4.78 is 29.3. The second-order valence-corrected chi connectivity index (χ2v) is 7.33. The van der Waals surface area contributed by atoms with E-state index in [9.17, 15) is 0 Å². The third kappa shape index (κ3) is 6.36. The minimum absolute atomic E-state index is 0.0333. The molecule has 0 aromatic heterocycles. The summed E-state index contributed by atoms with van der Waals surface area (Å²) in [6, 6.07) is 0. The van der Waals surface area contributed by atoms with Crippen molar-refractivity contribution in [1.29, 1.82) is 0 Å².